The van der Waals surface area contributed by atoms with Crippen molar-refractivity contribution in [3.8, 4) is 11.3 Å². The fraction of sp³-hybridized carbons (Fsp3) is 0.414. The van der Waals surface area contributed by atoms with Crippen LogP contribution in [0.2, 0.25) is 0 Å². The molecule has 1 saturated heterocycles. The Morgan fingerprint density at radius 2 is 1.77 bits per heavy atom. The fourth-order valence-corrected chi connectivity index (χ4v) is 6.09. The molecule has 3 aliphatic rings. The number of carbonyl (C=O) groups excluding carboxylic acids is 1. The van der Waals surface area contributed by atoms with E-state index in [0.717, 1.165) is 42.3 Å². The zero-order valence-corrected chi connectivity index (χ0v) is 21.2. The normalized spacial score (nSPS) is 24.6. The van der Waals surface area contributed by atoms with Crippen LogP contribution in [-0.4, -0.2) is 51.2 Å². The summed E-state index contributed by atoms with van der Waals surface area (Å²) in [7, 11) is 0. The molecule has 2 aromatic heterocycles. The molecule has 1 saturated carbocycles. The number of benzene rings is 1. The highest BCUT2D eigenvalue weighted by Gasteiger charge is 2.44. The Bertz CT molecular complexity index is 1430. The number of pyridine rings is 2. The van der Waals surface area contributed by atoms with E-state index in [1.165, 1.54) is 12.1 Å². The van der Waals surface area contributed by atoms with Crippen LogP contribution in [-0.2, 0) is 12.8 Å². The Morgan fingerprint density at radius 1 is 1.03 bits per heavy atom. The highest BCUT2D eigenvalue weighted by Crippen LogP contribution is 2.44. The van der Waals surface area contributed by atoms with Gasteiger partial charge in [-0.2, -0.15) is 0 Å². The molecule has 2 aliphatic carbocycles. The van der Waals surface area contributed by atoms with Crippen LogP contribution in [0.1, 0.15) is 52.7 Å². The maximum Gasteiger partial charge on any atom is 0.185 e. The topological polar surface area (TPSA) is 113 Å². The Hall–Kier alpha value is -3.34. The van der Waals surface area contributed by atoms with Gasteiger partial charge in [0.15, 0.2) is 5.78 Å². The van der Waals surface area contributed by atoms with E-state index in [0.29, 0.717) is 43.1 Å². The molecular weight excluding hydrogens is 509 g/mol. The molecule has 0 radical (unpaired) electrons. The standard InChI is InChI=1S/C29H29F3N4O3/c30-18-2-1-3-19(31)25(18)27-20(32)7-8-22(35-27)24(38)10-15-11-34-26-16(6-9-23(26)37)28(15)36-12-17(14-4-5-14)29(39)21(33)13-36/h1-3,7-8,11,14,17,21,23,29,37,39H,4-6,9-10,12-13,33H2/t17-,21-,23?,29-/m1/s1. The third kappa shape index (κ3) is 4.70. The average Bonchev–Trinajstić information content (AvgIpc) is 3.68. The third-order valence-electron chi connectivity index (χ3n) is 8.21. The van der Waals surface area contributed by atoms with Crippen molar-refractivity contribution in [2.45, 2.75) is 50.4 Å². The minimum atomic E-state index is -0.983. The van der Waals surface area contributed by atoms with Crippen molar-refractivity contribution in [2.24, 2.45) is 17.6 Å². The molecule has 3 heterocycles. The lowest BCUT2D eigenvalue weighted by Crippen LogP contribution is -2.57. The molecule has 3 aromatic rings. The number of carbonyl (C=O) groups is 1. The summed E-state index contributed by atoms with van der Waals surface area (Å²) in [6.45, 7) is 0.947. The number of halogens is 3. The van der Waals surface area contributed by atoms with Gasteiger partial charge in [0, 0.05) is 54.5 Å². The number of rotatable bonds is 6. The SMILES string of the molecule is N[C@@H]1CN(c2c(CC(=O)c3ccc(F)c(-c4c(F)cccc4F)n3)cnc3c2CCC3O)C[C@H](C2CC2)[C@H]1O. The van der Waals surface area contributed by atoms with Gasteiger partial charge < -0.3 is 20.8 Å². The second kappa shape index (κ2) is 10.0. The van der Waals surface area contributed by atoms with E-state index >= 15 is 0 Å². The molecule has 7 nitrogen and oxygen atoms in total. The van der Waals surface area contributed by atoms with Gasteiger partial charge in [0.1, 0.15) is 28.8 Å². The second-order valence-electron chi connectivity index (χ2n) is 10.8. The Morgan fingerprint density at radius 3 is 2.49 bits per heavy atom. The molecular formula is C29H29F3N4O3. The molecule has 0 amide bonds. The molecule has 1 unspecified atom stereocenters. The van der Waals surface area contributed by atoms with Gasteiger partial charge in [-0.1, -0.05) is 6.07 Å². The maximum absolute atomic E-state index is 14.6. The van der Waals surface area contributed by atoms with Crippen molar-refractivity contribution in [2.75, 3.05) is 18.0 Å². The first-order chi connectivity index (χ1) is 18.7. The predicted molar refractivity (Wildman–Crippen MR) is 138 cm³/mol. The lowest BCUT2D eigenvalue weighted by atomic mass is 9.86. The van der Waals surface area contributed by atoms with Crippen molar-refractivity contribution in [1.29, 1.82) is 0 Å². The predicted octanol–water partition coefficient (Wildman–Crippen LogP) is 3.50. The molecule has 39 heavy (non-hydrogen) atoms. The fourth-order valence-electron chi connectivity index (χ4n) is 6.09. The van der Waals surface area contributed by atoms with Gasteiger partial charge in [-0.25, -0.2) is 18.2 Å². The summed E-state index contributed by atoms with van der Waals surface area (Å²) >= 11 is 0. The highest BCUT2D eigenvalue weighted by atomic mass is 19.1. The van der Waals surface area contributed by atoms with Crippen LogP contribution in [0, 0.1) is 29.3 Å². The lowest BCUT2D eigenvalue weighted by Gasteiger charge is -2.43. The largest absolute Gasteiger partial charge is 0.391 e. The zero-order chi connectivity index (χ0) is 27.4. The van der Waals surface area contributed by atoms with Crippen LogP contribution in [0.25, 0.3) is 11.3 Å². The van der Waals surface area contributed by atoms with E-state index < -0.39 is 52.7 Å². The second-order valence-corrected chi connectivity index (χ2v) is 10.8. The maximum atomic E-state index is 14.6. The Balaban J connectivity index is 1.36. The number of hydrogen-bond donors (Lipinski definition) is 3. The summed E-state index contributed by atoms with van der Waals surface area (Å²) in [6, 6.07) is 4.87. The number of nitrogens with two attached hydrogens (primary N) is 1. The third-order valence-corrected chi connectivity index (χ3v) is 8.21. The molecule has 0 bridgehead atoms. The van der Waals surface area contributed by atoms with Crippen molar-refractivity contribution < 1.29 is 28.2 Å². The average molecular weight is 539 g/mol. The van der Waals surface area contributed by atoms with Gasteiger partial charge in [0.05, 0.1) is 23.5 Å². The molecule has 0 spiro atoms. The molecule has 2 fully saturated rings. The van der Waals surface area contributed by atoms with E-state index in [1.54, 1.807) is 6.20 Å². The minimum Gasteiger partial charge on any atom is -0.391 e. The van der Waals surface area contributed by atoms with Gasteiger partial charge >= 0.3 is 0 Å². The number of aliphatic hydroxyl groups excluding tert-OH is 2. The van der Waals surface area contributed by atoms with Crippen molar-refractivity contribution >= 4 is 11.5 Å². The van der Waals surface area contributed by atoms with Crippen LogP contribution in [0.4, 0.5) is 18.9 Å². The number of anilines is 1. The number of nitrogens with zero attached hydrogens (tertiary/aromatic N) is 3. The number of Topliss-reactive ketones (excluding diaryl/α,β-unsaturated/α-hetero) is 1. The van der Waals surface area contributed by atoms with Gasteiger partial charge in [0.25, 0.3) is 0 Å². The Kier molecular flexibility index (Phi) is 6.65. The van der Waals surface area contributed by atoms with Gasteiger partial charge in [-0.3, -0.25) is 9.78 Å². The molecule has 4 N–H and O–H groups in total. The number of aromatic nitrogens is 2. The van der Waals surface area contributed by atoms with Crippen LogP contribution in [0.15, 0.2) is 36.5 Å². The molecule has 204 valence electrons. The van der Waals surface area contributed by atoms with Crippen LogP contribution in [0.3, 0.4) is 0 Å². The number of hydrogen-bond acceptors (Lipinski definition) is 7. The minimum absolute atomic E-state index is 0.00410. The molecule has 1 aromatic carbocycles. The van der Waals surface area contributed by atoms with E-state index in [-0.39, 0.29) is 18.0 Å². The smallest absolute Gasteiger partial charge is 0.185 e. The molecule has 4 atom stereocenters. The zero-order valence-electron chi connectivity index (χ0n) is 21.2. The Labute approximate surface area is 223 Å². The first kappa shape index (κ1) is 25.9. The number of aliphatic hydroxyl groups is 2. The summed E-state index contributed by atoms with van der Waals surface area (Å²) in [5.74, 6) is -2.98. The molecule has 6 rings (SSSR count). The lowest BCUT2D eigenvalue weighted by molar-refractivity contribution is 0.0592. The monoisotopic (exact) mass is 538 g/mol. The summed E-state index contributed by atoms with van der Waals surface area (Å²) in [4.78, 5) is 24.0. The summed E-state index contributed by atoms with van der Waals surface area (Å²) in [5.41, 5.74) is 7.81. The van der Waals surface area contributed by atoms with Crippen LogP contribution >= 0.6 is 0 Å². The quantitative estimate of drug-likeness (QED) is 0.412. The summed E-state index contributed by atoms with van der Waals surface area (Å²) in [5, 5.41) is 21.2. The van der Waals surface area contributed by atoms with Crippen LogP contribution < -0.4 is 10.6 Å². The molecule has 10 heteroatoms. The highest BCUT2D eigenvalue weighted by molar-refractivity contribution is 5.97. The van der Waals surface area contributed by atoms with E-state index in [2.05, 4.69) is 14.9 Å². The van der Waals surface area contributed by atoms with E-state index in [1.807, 2.05) is 0 Å². The van der Waals surface area contributed by atoms with Crippen molar-refractivity contribution in [3.05, 3.63) is 76.5 Å². The number of ketones is 1. The van der Waals surface area contributed by atoms with E-state index in [4.69, 9.17) is 5.73 Å². The van der Waals surface area contributed by atoms with Crippen LogP contribution in [0.5, 0.6) is 0 Å². The number of piperidine rings is 1. The number of fused-ring (bicyclic) bond motifs is 1. The van der Waals surface area contributed by atoms with Gasteiger partial charge in [0.2, 0.25) is 0 Å². The first-order valence-corrected chi connectivity index (χ1v) is 13.2. The molecule has 1 aliphatic heterocycles. The summed E-state index contributed by atoms with van der Waals surface area (Å²) < 4.78 is 43.3. The summed E-state index contributed by atoms with van der Waals surface area (Å²) in [6.07, 6.45) is 3.27. The van der Waals surface area contributed by atoms with E-state index in [9.17, 15) is 28.2 Å². The van der Waals surface area contributed by atoms with Crippen molar-refractivity contribution in [3.63, 3.8) is 0 Å². The first-order valence-electron chi connectivity index (χ1n) is 13.2. The van der Waals surface area contributed by atoms with Gasteiger partial charge in [-0.15, -0.1) is 0 Å². The van der Waals surface area contributed by atoms with Gasteiger partial charge in [-0.05, 0) is 55.9 Å². The van der Waals surface area contributed by atoms with Crippen molar-refractivity contribution in [1.82, 2.24) is 9.97 Å².